The number of aromatic nitrogens is 3. The van der Waals surface area contributed by atoms with Gasteiger partial charge in [0.25, 0.3) is 15.9 Å². The maximum atomic E-state index is 12.9. The van der Waals surface area contributed by atoms with Crippen molar-refractivity contribution in [3.8, 4) is 11.1 Å². The van der Waals surface area contributed by atoms with Crippen molar-refractivity contribution in [2.24, 2.45) is 0 Å². The summed E-state index contributed by atoms with van der Waals surface area (Å²) in [6.07, 6.45) is 5.11. The van der Waals surface area contributed by atoms with Crippen molar-refractivity contribution in [3.63, 3.8) is 0 Å². The molecule has 4 aromatic rings. The highest BCUT2D eigenvalue weighted by molar-refractivity contribution is 7.89. The Morgan fingerprint density at radius 2 is 1.94 bits per heavy atom. The second kappa shape index (κ2) is 7.61. The van der Waals surface area contributed by atoms with Crippen LogP contribution in [0.5, 0.6) is 0 Å². The summed E-state index contributed by atoms with van der Waals surface area (Å²) >= 11 is 0. The highest BCUT2D eigenvalue weighted by Crippen LogP contribution is 2.26. The van der Waals surface area contributed by atoms with Crippen molar-refractivity contribution in [1.29, 1.82) is 0 Å². The van der Waals surface area contributed by atoms with E-state index in [9.17, 15) is 13.2 Å². The number of fused-ring (bicyclic) bond motifs is 2. The summed E-state index contributed by atoms with van der Waals surface area (Å²) in [4.78, 5) is 18.3. The molecule has 1 amide bonds. The number of amides is 1. The Morgan fingerprint density at radius 1 is 1.09 bits per heavy atom. The Morgan fingerprint density at radius 3 is 2.72 bits per heavy atom. The van der Waals surface area contributed by atoms with E-state index in [4.69, 9.17) is 0 Å². The van der Waals surface area contributed by atoms with Crippen LogP contribution >= 0.6 is 0 Å². The molecule has 5 rings (SSSR count). The molecule has 1 aliphatic heterocycles. The van der Waals surface area contributed by atoms with Crippen LogP contribution in [-0.4, -0.2) is 53.2 Å². The number of anilines is 1. The minimum Gasteiger partial charge on any atom is -0.351 e. The van der Waals surface area contributed by atoms with E-state index in [1.165, 1.54) is 23.5 Å². The molecule has 0 fully saturated rings. The molecule has 0 aliphatic carbocycles. The van der Waals surface area contributed by atoms with E-state index >= 15 is 0 Å². The number of carbonyl (C=O) groups is 1. The number of H-pyrrole nitrogens is 1. The van der Waals surface area contributed by atoms with Gasteiger partial charge in [0.1, 0.15) is 5.69 Å². The summed E-state index contributed by atoms with van der Waals surface area (Å²) in [6, 6.07) is 13.5. The minimum atomic E-state index is -3.43. The Labute approximate surface area is 185 Å². The number of hydrogen-bond donors (Lipinski definition) is 2. The molecule has 2 aromatic carbocycles. The average molecular weight is 450 g/mol. The van der Waals surface area contributed by atoms with Crippen LogP contribution < -0.4 is 5.32 Å². The quantitative estimate of drug-likeness (QED) is 0.499. The molecule has 2 N–H and O–H groups in total. The molecule has 0 bridgehead atoms. The number of nitrogens with one attached hydrogen (secondary N) is 2. The lowest BCUT2D eigenvalue weighted by Gasteiger charge is -2.25. The number of benzene rings is 2. The molecule has 0 saturated carbocycles. The van der Waals surface area contributed by atoms with Crippen molar-refractivity contribution in [2.75, 3.05) is 25.2 Å². The third kappa shape index (κ3) is 3.92. The van der Waals surface area contributed by atoms with Crippen molar-refractivity contribution in [3.05, 3.63) is 71.7 Å². The number of carbonyl (C=O) groups excluding carboxylic acids is 1. The Kier molecular flexibility index (Phi) is 4.87. The van der Waals surface area contributed by atoms with Crippen molar-refractivity contribution >= 4 is 32.5 Å². The Balaban J connectivity index is 1.38. The maximum absolute atomic E-state index is 12.9. The molecule has 2 aromatic heterocycles. The minimum absolute atomic E-state index is 0.211. The SMILES string of the molecule is CN1CCc2ccc(NC(=O)c3cc4cc(-c5cnn(S(C)(=O)=O)c5)ccc4[nH]3)cc2C1. The molecule has 0 spiro atoms. The Bertz CT molecular complexity index is 1450. The van der Waals surface area contributed by atoms with Crippen LogP contribution in [0.3, 0.4) is 0 Å². The van der Waals surface area contributed by atoms with Gasteiger partial charge in [0.15, 0.2) is 0 Å². The second-order valence-electron chi connectivity index (χ2n) is 8.27. The fraction of sp³-hybridized carbons (Fsp3) is 0.217. The van der Waals surface area contributed by atoms with Gasteiger partial charge in [-0.05, 0) is 60.5 Å². The zero-order chi connectivity index (χ0) is 22.5. The van der Waals surface area contributed by atoms with E-state index in [-0.39, 0.29) is 5.91 Å². The van der Waals surface area contributed by atoms with E-state index in [1.807, 2.05) is 30.3 Å². The molecule has 0 saturated heterocycles. The Hall–Kier alpha value is -3.43. The van der Waals surface area contributed by atoms with Crippen LogP contribution in [0, 0.1) is 0 Å². The second-order valence-corrected chi connectivity index (χ2v) is 10.1. The van der Waals surface area contributed by atoms with Crippen molar-refractivity contribution < 1.29 is 13.2 Å². The van der Waals surface area contributed by atoms with E-state index in [1.54, 1.807) is 6.07 Å². The van der Waals surface area contributed by atoms with Gasteiger partial charge in [0.05, 0.1) is 18.6 Å². The highest BCUT2D eigenvalue weighted by Gasteiger charge is 2.16. The van der Waals surface area contributed by atoms with Gasteiger partial charge in [-0.25, -0.2) is 8.42 Å². The number of aromatic amines is 1. The topological polar surface area (TPSA) is 100 Å². The summed E-state index contributed by atoms with van der Waals surface area (Å²) in [6.45, 7) is 1.93. The molecule has 8 nitrogen and oxygen atoms in total. The van der Waals surface area contributed by atoms with Gasteiger partial charge in [-0.2, -0.15) is 9.19 Å². The standard InChI is InChI=1S/C23H23N5O3S/c1-27-8-7-15-3-5-20(10-18(15)13-27)25-23(29)22-11-17-9-16(4-6-21(17)26-22)19-12-24-28(14-19)32(2,30)31/h3-6,9-12,14,26H,7-8,13H2,1-2H3,(H,25,29). The summed E-state index contributed by atoms with van der Waals surface area (Å²) in [7, 11) is -1.34. The first-order chi connectivity index (χ1) is 15.3. The molecule has 1 aliphatic rings. The van der Waals surface area contributed by atoms with Gasteiger partial charge in [-0.3, -0.25) is 4.79 Å². The van der Waals surface area contributed by atoms with Crippen LogP contribution in [0.4, 0.5) is 5.69 Å². The number of likely N-dealkylation sites (N-methyl/N-ethyl adjacent to an activating group) is 1. The average Bonchev–Trinajstić information content (AvgIpc) is 3.40. The van der Waals surface area contributed by atoms with Crippen LogP contribution in [0.25, 0.3) is 22.0 Å². The van der Waals surface area contributed by atoms with Crippen LogP contribution in [0.1, 0.15) is 21.6 Å². The van der Waals surface area contributed by atoms with Crippen molar-refractivity contribution in [1.82, 2.24) is 19.1 Å². The summed E-state index contributed by atoms with van der Waals surface area (Å²) in [5.41, 5.74) is 6.13. The molecule has 9 heteroatoms. The lowest BCUT2D eigenvalue weighted by Crippen LogP contribution is -2.26. The maximum Gasteiger partial charge on any atom is 0.272 e. The zero-order valence-electron chi connectivity index (χ0n) is 17.8. The van der Waals surface area contributed by atoms with Gasteiger partial charge < -0.3 is 15.2 Å². The van der Waals surface area contributed by atoms with Gasteiger partial charge in [0, 0.05) is 35.2 Å². The van der Waals surface area contributed by atoms with Gasteiger partial charge in [0.2, 0.25) is 0 Å². The third-order valence-corrected chi connectivity index (χ3v) is 6.65. The summed E-state index contributed by atoms with van der Waals surface area (Å²) in [5.74, 6) is -0.211. The molecule has 164 valence electrons. The van der Waals surface area contributed by atoms with Crippen molar-refractivity contribution in [2.45, 2.75) is 13.0 Å². The summed E-state index contributed by atoms with van der Waals surface area (Å²) in [5, 5.41) is 7.75. The van der Waals surface area contributed by atoms with Gasteiger partial charge in [-0.15, -0.1) is 0 Å². The molecule has 0 unspecified atom stereocenters. The normalized spacial score (nSPS) is 14.4. The van der Waals surface area contributed by atoms with Gasteiger partial charge >= 0.3 is 0 Å². The van der Waals surface area contributed by atoms with Crippen LogP contribution in [-0.2, 0) is 23.0 Å². The van der Waals surface area contributed by atoms with E-state index in [2.05, 4.69) is 33.4 Å². The monoisotopic (exact) mass is 449 g/mol. The molecule has 0 atom stereocenters. The molecule has 0 radical (unpaired) electrons. The first kappa shape index (κ1) is 20.5. The summed E-state index contributed by atoms with van der Waals surface area (Å²) < 4.78 is 24.3. The first-order valence-corrected chi connectivity index (χ1v) is 12.1. The number of nitrogens with zero attached hydrogens (tertiary/aromatic N) is 3. The largest absolute Gasteiger partial charge is 0.351 e. The van der Waals surface area contributed by atoms with E-state index in [0.717, 1.165) is 52.0 Å². The van der Waals surface area contributed by atoms with Crippen LogP contribution in [0.15, 0.2) is 54.9 Å². The smallest absolute Gasteiger partial charge is 0.272 e. The number of rotatable bonds is 4. The zero-order valence-corrected chi connectivity index (χ0v) is 18.6. The molecule has 3 heterocycles. The van der Waals surface area contributed by atoms with Crippen LogP contribution in [0.2, 0.25) is 0 Å². The first-order valence-electron chi connectivity index (χ1n) is 10.3. The number of hydrogen-bond acceptors (Lipinski definition) is 5. The molecule has 32 heavy (non-hydrogen) atoms. The fourth-order valence-electron chi connectivity index (χ4n) is 4.04. The van der Waals surface area contributed by atoms with E-state index in [0.29, 0.717) is 11.3 Å². The predicted octanol–water partition coefficient (Wildman–Crippen LogP) is 3.08. The highest BCUT2D eigenvalue weighted by atomic mass is 32.2. The molecular formula is C23H23N5O3S. The molecular weight excluding hydrogens is 426 g/mol. The van der Waals surface area contributed by atoms with Gasteiger partial charge in [-0.1, -0.05) is 12.1 Å². The van der Waals surface area contributed by atoms with E-state index < -0.39 is 10.0 Å². The lowest BCUT2D eigenvalue weighted by molar-refractivity contribution is 0.102. The predicted molar refractivity (Wildman–Crippen MR) is 124 cm³/mol. The lowest BCUT2D eigenvalue weighted by atomic mass is 9.99. The third-order valence-electron chi connectivity index (χ3n) is 5.77. The fourth-order valence-corrected chi connectivity index (χ4v) is 4.57.